The second kappa shape index (κ2) is 6.35. The fourth-order valence-corrected chi connectivity index (χ4v) is 1.41. The van der Waals surface area contributed by atoms with Crippen molar-refractivity contribution in [2.24, 2.45) is 5.73 Å². The Labute approximate surface area is 80.6 Å². The van der Waals surface area contributed by atoms with Gasteiger partial charge in [-0.1, -0.05) is 0 Å². The highest BCUT2D eigenvalue weighted by Crippen LogP contribution is 2.21. The van der Waals surface area contributed by atoms with E-state index in [4.69, 9.17) is 15.2 Å². The van der Waals surface area contributed by atoms with E-state index in [0.29, 0.717) is 12.6 Å². The van der Waals surface area contributed by atoms with Crippen LogP contribution in [0.5, 0.6) is 0 Å². The summed E-state index contributed by atoms with van der Waals surface area (Å²) in [5.74, 6) is 0. The molecule has 3 heteroatoms. The van der Waals surface area contributed by atoms with Crippen molar-refractivity contribution < 1.29 is 9.47 Å². The maximum Gasteiger partial charge on any atom is 0.0719 e. The van der Waals surface area contributed by atoms with Crippen LogP contribution in [0.4, 0.5) is 0 Å². The van der Waals surface area contributed by atoms with E-state index in [2.05, 4.69) is 0 Å². The van der Waals surface area contributed by atoms with Crippen molar-refractivity contribution in [2.75, 3.05) is 19.8 Å². The van der Waals surface area contributed by atoms with Gasteiger partial charge in [-0.2, -0.15) is 0 Å². The fraction of sp³-hybridized carbons (Fsp3) is 1.00. The van der Waals surface area contributed by atoms with E-state index < -0.39 is 0 Å². The first-order chi connectivity index (χ1) is 6.36. The molecule has 0 aliphatic heterocycles. The molecule has 0 spiro atoms. The Balaban J connectivity index is 1.94. The number of rotatable bonds is 7. The Morgan fingerprint density at radius 1 is 1.46 bits per heavy atom. The average molecular weight is 187 g/mol. The zero-order chi connectivity index (χ0) is 9.52. The molecule has 1 aliphatic rings. The van der Waals surface area contributed by atoms with Crippen LogP contribution in [0.3, 0.4) is 0 Å². The predicted octanol–water partition coefficient (Wildman–Crippen LogP) is 1.31. The number of hydrogen-bond acceptors (Lipinski definition) is 3. The van der Waals surface area contributed by atoms with Crippen LogP contribution >= 0.6 is 0 Å². The quantitative estimate of drug-likeness (QED) is 0.653. The molecule has 78 valence electrons. The van der Waals surface area contributed by atoms with Gasteiger partial charge in [0.05, 0.1) is 12.2 Å². The van der Waals surface area contributed by atoms with Crippen LogP contribution in [0.25, 0.3) is 0 Å². The molecule has 1 unspecified atom stereocenters. The highest BCUT2D eigenvalue weighted by Gasteiger charge is 2.18. The molecule has 1 fully saturated rings. The monoisotopic (exact) mass is 187 g/mol. The SMILES string of the molecule is CCOC(CN)CCOC1CCC1. The predicted molar refractivity (Wildman–Crippen MR) is 52.7 cm³/mol. The summed E-state index contributed by atoms with van der Waals surface area (Å²) in [5, 5.41) is 0. The number of hydrogen-bond donors (Lipinski definition) is 1. The molecule has 1 rings (SSSR count). The zero-order valence-electron chi connectivity index (χ0n) is 8.50. The molecule has 0 bridgehead atoms. The van der Waals surface area contributed by atoms with Gasteiger partial charge >= 0.3 is 0 Å². The molecule has 3 nitrogen and oxygen atoms in total. The first-order valence-corrected chi connectivity index (χ1v) is 5.30. The van der Waals surface area contributed by atoms with Gasteiger partial charge in [0.15, 0.2) is 0 Å². The number of nitrogens with two attached hydrogens (primary N) is 1. The summed E-state index contributed by atoms with van der Waals surface area (Å²) < 4.78 is 11.0. The van der Waals surface area contributed by atoms with E-state index in [9.17, 15) is 0 Å². The summed E-state index contributed by atoms with van der Waals surface area (Å²) in [7, 11) is 0. The first kappa shape index (κ1) is 11.0. The molecular formula is C10H21NO2. The number of ether oxygens (including phenoxy) is 2. The first-order valence-electron chi connectivity index (χ1n) is 5.30. The Morgan fingerprint density at radius 3 is 2.69 bits per heavy atom. The van der Waals surface area contributed by atoms with E-state index in [1.165, 1.54) is 19.3 Å². The average Bonchev–Trinajstić information content (AvgIpc) is 2.07. The van der Waals surface area contributed by atoms with E-state index in [1.807, 2.05) is 6.92 Å². The van der Waals surface area contributed by atoms with Gasteiger partial charge in [-0.15, -0.1) is 0 Å². The molecule has 0 amide bonds. The molecule has 0 saturated heterocycles. The van der Waals surface area contributed by atoms with E-state index in [-0.39, 0.29) is 6.10 Å². The Hall–Kier alpha value is -0.120. The minimum absolute atomic E-state index is 0.185. The molecule has 0 aromatic heterocycles. The van der Waals surface area contributed by atoms with E-state index >= 15 is 0 Å². The second-order valence-corrected chi connectivity index (χ2v) is 3.53. The summed E-state index contributed by atoms with van der Waals surface area (Å²) in [6.45, 7) is 4.13. The highest BCUT2D eigenvalue weighted by atomic mass is 16.5. The second-order valence-electron chi connectivity index (χ2n) is 3.53. The van der Waals surface area contributed by atoms with Gasteiger partial charge in [-0.05, 0) is 32.6 Å². The lowest BCUT2D eigenvalue weighted by molar-refractivity contribution is -0.0234. The van der Waals surface area contributed by atoms with Gasteiger partial charge in [-0.25, -0.2) is 0 Å². The van der Waals surface area contributed by atoms with Crippen molar-refractivity contribution in [1.82, 2.24) is 0 Å². The molecule has 0 aromatic carbocycles. The minimum atomic E-state index is 0.185. The van der Waals surface area contributed by atoms with Crippen molar-refractivity contribution in [2.45, 2.75) is 44.8 Å². The van der Waals surface area contributed by atoms with Gasteiger partial charge in [0.2, 0.25) is 0 Å². The van der Waals surface area contributed by atoms with Crippen molar-refractivity contribution in [3.63, 3.8) is 0 Å². The molecule has 0 radical (unpaired) electrons. The normalized spacial score (nSPS) is 19.8. The van der Waals surface area contributed by atoms with Crippen LogP contribution in [0.1, 0.15) is 32.6 Å². The van der Waals surface area contributed by atoms with Gasteiger partial charge in [0, 0.05) is 19.8 Å². The lowest BCUT2D eigenvalue weighted by Crippen LogP contribution is -2.28. The molecule has 1 atom stereocenters. The summed E-state index contributed by atoms with van der Waals surface area (Å²) >= 11 is 0. The topological polar surface area (TPSA) is 44.5 Å². The summed E-state index contributed by atoms with van der Waals surface area (Å²) in [5.41, 5.74) is 5.54. The van der Waals surface area contributed by atoms with Crippen molar-refractivity contribution in [3.8, 4) is 0 Å². The molecular weight excluding hydrogens is 166 g/mol. The molecule has 0 aromatic rings. The van der Waals surface area contributed by atoms with Crippen LogP contribution in [0, 0.1) is 0 Å². The van der Waals surface area contributed by atoms with Crippen LogP contribution < -0.4 is 5.73 Å². The highest BCUT2D eigenvalue weighted by molar-refractivity contribution is 4.69. The Kier molecular flexibility index (Phi) is 5.35. The van der Waals surface area contributed by atoms with E-state index in [0.717, 1.165) is 19.6 Å². The van der Waals surface area contributed by atoms with Gasteiger partial charge < -0.3 is 15.2 Å². The largest absolute Gasteiger partial charge is 0.378 e. The molecule has 1 aliphatic carbocycles. The van der Waals surface area contributed by atoms with Crippen LogP contribution in [0.15, 0.2) is 0 Å². The van der Waals surface area contributed by atoms with Crippen molar-refractivity contribution in [1.29, 1.82) is 0 Å². The lowest BCUT2D eigenvalue weighted by Gasteiger charge is -2.26. The van der Waals surface area contributed by atoms with Crippen molar-refractivity contribution in [3.05, 3.63) is 0 Å². The summed E-state index contributed by atoms with van der Waals surface area (Å²) in [6, 6.07) is 0. The van der Waals surface area contributed by atoms with Gasteiger partial charge in [0.25, 0.3) is 0 Å². The van der Waals surface area contributed by atoms with Crippen LogP contribution in [-0.4, -0.2) is 32.0 Å². The van der Waals surface area contributed by atoms with E-state index in [1.54, 1.807) is 0 Å². The maximum atomic E-state index is 5.62. The summed E-state index contributed by atoms with van der Waals surface area (Å²) in [6.07, 6.45) is 5.45. The smallest absolute Gasteiger partial charge is 0.0719 e. The third kappa shape index (κ3) is 4.07. The van der Waals surface area contributed by atoms with Gasteiger partial charge in [-0.3, -0.25) is 0 Å². The minimum Gasteiger partial charge on any atom is -0.378 e. The Bertz CT molecular complexity index is 126. The van der Waals surface area contributed by atoms with Crippen LogP contribution in [-0.2, 0) is 9.47 Å². The zero-order valence-corrected chi connectivity index (χ0v) is 8.50. The molecule has 1 saturated carbocycles. The lowest BCUT2D eigenvalue weighted by atomic mass is 9.96. The van der Waals surface area contributed by atoms with Crippen LogP contribution in [0.2, 0.25) is 0 Å². The third-order valence-corrected chi connectivity index (χ3v) is 2.51. The standard InChI is InChI=1S/C10H21NO2/c1-2-12-10(8-11)6-7-13-9-4-3-5-9/h9-10H,2-8,11H2,1H3. The molecule has 2 N–H and O–H groups in total. The molecule has 0 heterocycles. The molecule has 13 heavy (non-hydrogen) atoms. The Morgan fingerprint density at radius 2 is 2.23 bits per heavy atom. The fourth-order valence-electron chi connectivity index (χ4n) is 1.41. The third-order valence-electron chi connectivity index (χ3n) is 2.51. The summed E-state index contributed by atoms with van der Waals surface area (Å²) in [4.78, 5) is 0. The maximum absolute atomic E-state index is 5.62. The van der Waals surface area contributed by atoms with Gasteiger partial charge in [0.1, 0.15) is 0 Å². The van der Waals surface area contributed by atoms with Crippen molar-refractivity contribution >= 4 is 0 Å².